The number of ether oxygens (including phenoxy) is 7. The van der Waals surface area contributed by atoms with Gasteiger partial charge in [0.1, 0.15) is 79.3 Å². The number of alkyl halides is 2. The Hall–Kier alpha value is -13.4. The molecule has 6 aromatic carbocycles. The van der Waals surface area contributed by atoms with Gasteiger partial charge in [0.25, 0.3) is 0 Å². The standard InChI is InChI=1S/C35H36F2N6O5.C34H36N6O4.C29H25N5O2/c1-46-31-15-22(2-4-29(31)42-10-8-41(9-11-42)26-18-47-19-26)24-13-27-28(14-24)39-21-40-34(27)23-3-5-30(25(12-23)16-38)48-32-6-7-43(33(45)17-44)20-35(32,36)37;35-19-25-17-24(3-6-32(25)44-28-8-11-40(12-9-28)33(42)20-41)34-29-18-31(37-30(29)7-10-36-34)23-1-4-26(5-2-23)38-13-15-39(16-14-38)27-21-43-22-27;30-16-24-13-22(4-5-28(24)36-25-6-10-35-11-7-25)29-26-14-23(15-27(26)32-18-33-29)21-3-1-2-20(12-21)17-34-9-8-31-19-34/h2-5,12-13,15,21,26,32,44H,6-11,14,17-20H2,1H3;1-7,10,17-18,27-28,37,41H,8-9,11-16,20-22H2;1-5,8-9,12-14,18-19,25H,6-7,10-11,15,17H2. The zero-order valence-electron chi connectivity index (χ0n) is 71.0. The first-order valence-electron chi connectivity index (χ1n) is 43.5. The molecule has 11 aromatic rings. The van der Waals surface area contributed by atoms with Crippen LogP contribution in [0.5, 0.6) is 23.0 Å². The zero-order chi connectivity index (χ0) is 87.8. The van der Waals surface area contributed by atoms with E-state index in [9.17, 15) is 34.2 Å². The second kappa shape index (κ2) is 38.5. The summed E-state index contributed by atoms with van der Waals surface area (Å²) in [6.07, 6.45) is 17.3. The Morgan fingerprint density at radius 2 is 1.07 bits per heavy atom. The average Bonchev–Trinajstić information content (AvgIpc) is 1.58. The monoisotopic (exact) mass is 1730 g/mol. The number of fused-ring (bicyclic) bond motifs is 3. The molecule has 7 saturated heterocycles. The molecular formula is C98H97F2N17O11. The van der Waals surface area contributed by atoms with Gasteiger partial charge in [-0.1, -0.05) is 36.4 Å². The number of aromatic amines is 1. The number of hydrogen-bond donors (Lipinski definition) is 3. The van der Waals surface area contributed by atoms with Crippen LogP contribution in [0.4, 0.5) is 20.2 Å². The largest absolute Gasteiger partial charge is 0.495 e. The van der Waals surface area contributed by atoms with Gasteiger partial charge in [-0.25, -0.2) is 33.7 Å². The number of carbonyl (C=O) groups excluding carboxylic acids is 2. The van der Waals surface area contributed by atoms with E-state index in [4.69, 9.17) is 48.4 Å². The molecular weight excluding hydrogens is 1630 g/mol. The SMILES string of the molecule is COc1cc(C2=Cc3c(ncnc3-c3ccc(OC4CCN(C(=O)CO)CC4(F)F)c(C#N)c3)C2)ccc1N1CCN(C2COC2)CC1.N#Cc1cc(-c2nccc3[nH]c(-c4ccc(N5CCN(C6COC6)CC5)cc4)cc23)ccc1OC1CCN(C(=O)CO)CC1.N#Cc1cc(-c2ncnc3c2C=C(c2cccc(Cn4ccnc4)c2)C3)ccc1OC1CCOCC1. The molecule has 20 rings (SSSR count). The third kappa shape index (κ3) is 18.8. The van der Waals surface area contributed by atoms with Gasteiger partial charge in [-0.3, -0.25) is 24.4 Å². The van der Waals surface area contributed by atoms with Gasteiger partial charge < -0.3 is 72.5 Å². The number of nitriles is 3. The van der Waals surface area contributed by atoms with Crippen LogP contribution in [0.15, 0.2) is 171 Å². The van der Waals surface area contributed by atoms with E-state index in [0.29, 0.717) is 91.5 Å². The van der Waals surface area contributed by atoms with E-state index in [1.807, 2.05) is 55.0 Å². The number of pyridine rings is 1. The summed E-state index contributed by atoms with van der Waals surface area (Å²) in [5, 5.41) is 48.9. The maximum absolute atomic E-state index is 14.9. The molecule has 0 radical (unpaired) electrons. The van der Waals surface area contributed by atoms with Crippen LogP contribution in [-0.2, 0) is 43.2 Å². The molecule has 12 heterocycles. The molecule has 2 amide bonds. The molecule has 0 saturated carbocycles. The van der Waals surface area contributed by atoms with Crippen LogP contribution in [0.25, 0.3) is 79.2 Å². The van der Waals surface area contributed by atoms with Gasteiger partial charge >= 0.3 is 5.92 Å². The highest BCUT2D eigenvalue weighted by Gasteiger charge is 2.48. The van der Waals surface area contributed by atoms with E-state index in [1.54, 1.807) is 42.9 Å². The number of likely N-dealkylation sites (tertiary alicyclic amines) is 2. The number of piperazine rings is 2. The maximum Gasteiger partial charge on any atom is 0.301 e. The van der Waals surface area contributed by atoms with Crippen LogP contribution in [0.2, 0.25) is 0 Å². The summed E-state index contributed by atoms with van der Waals surface area (Å²) in [5.74, 6) is -2.40. The molecule has 1 unspecified atom stereocenters. The molecule has 0 bridgehead atoms. The van der Waals surface area contributed by atoms with Gasteiger partial charge in [0, 0.05) is 192 Å². The lowest BCUT2D eigenvalue weighted by Crippen LogP contribution is -2.56. The van der Waals surface area contributed by atoms with Gasteiger partial charge in [-0.15, -0.1) is 0 Å². The number of aromatic nitrogens is 8. The van der Waals surface area contributed by atoms with Crippen molar-refractivity contribution in [2.24, 2.45) is 0 Å². The summed E-state index contributed by atoms with van der Waals surface area (Å²) in [5.41, 5.74) is 20.4. The minimum absolute atomic E-state index is 0.0174. The van der Waals surface area contributed by atoms with Crippen LogP contribution in [0, 0.1) is 34.0 Å². The van der Waals surface area contributed by atoms with Crippen molar-refractivity contribution in [3.63, 3.8) is 0 Å². The Morgan fingerprint density at radius 3 is 1.62 bits per heavy atom. The molecule has 1 atom stereocenters. The van der Waals surface area contributed by atoms with Crippen LogP contribution >= 0.6 is 0 Å². The van der Waals surface area contributed by atoms with Crippen LogP contribution in [-0.4, -0.2) is 256 Å². The summed E-state index contributed by atoms with van der Waals surface area (Å²) in [6.45, 7) is 12.4. The fourth-order valence-electron chi connectivity index (χ4n) is 18.1. The highest BCUT2D eigenvalue weighted by atomic mass is 19.3. The lowest BCUT2D eigenvalue weighted by molar-refractivity contribution is -0.161. The molecule has 0 spiro atoms. The summed E-state index contributed by atoms with van der Waals surface area (Å²) >= 11 is 0. The van der Waals surface area contributed by atoms with E-state index < -0.39 is 37.7 Å². The quantitative estimate of drug-likeness (QED) is 0.0601. The number of anilines is 2. The van der Waals surface area contributed by atoms with Gasteiger partial charge in [-0.2, -0.15) is 15.8 Å². The van der Waals surface area contributed by atoms with Crippen molar-refractivity contribution in [3.05, 3.63) is 227 Å². The van der Waals surface area contributed by atoms with Crippen molar-refractivity contribution in [3.8, 4) is 86.2 Å². The highest BCUT2D eigenvalue weighted by molar-refractivity contribution is 5.97. The van der Waals surface area contributed by atoms with E-state index >= 15 is 0 Å². The van der Waals surface area contributed by atoms with Crippen molar-refractivity contribution < 1.29 is 61.7 Å². The third-order valence-corrected chi connectivity index (χ3v) is 25.5. The molecule has 7 fully saturated rings. The van der Waals surface area contributed by atoms with Crippen LogP contribution in [0.1, 0.15) is 88.0 Å². The molecule has 9 aliphatic rings. The molecule has 654 valence electrons. The lowest BCUT2D eigenvalue weighted by Gasteiger charge is -2.43. The number of hydrogen-bond acceptors (Lipinski definition) is 24. The first-order valence-corrected chi connectivity index (χ1v) is 43.5. The number of halogens is 2. The minimum atomic E-state index is -3.36. The van der Waals surface area contributed by atoms with Crippen LogP contribution in [0.3, 0.4) is 0 Å². The number of allylic oxidation sites excluding steroid dienone is 2. The van der Waals surface area contributed by atoms with E-state index in [1.165, 1.54) is 34.8 Å². The van der Waals surface area contributed by atoms with Crippen molar-refractivity contribution >= 4 is 57.4 Å². The Labute approximate surface area is 739 Å². The highest BCUT2D eigenvalue weighted by Crippen LogP contribution is 2.44. The molecule has 28 nitrogen and oxygen atoms in total. The first kappa shape index (κ1) is 85.4. The first-order chi connectivity index (χ1) is 62.6. The number of nitrogens with one attached hydrogen (secondary N) is 1. The number of imidazole rings is 1. The normalized spacial score (nSPS) is 18.4. The summed E-state index contributed by atoms with van der Waals surface area (Å²) in [6, 6.07) is 51.6. The number of piperidine rings is 2. The minimum Gasteiger partial charge on any atom is -0.495 e. The fourth-order valence-corrected chi connectivity index (χ4v) is 18.1. The Bertz CT molecular complexity index is 6090. The number of benzene rings is 6. The van der Waals surface area contributed by atoms with Gasteiger partial charge in [0.15, 0.2) is 6.10 Å². The number of amides is 2. The molecule has 3 N–H and O–H groups in total. The second-order valence-electron chi connectivity index (χ2n) is 33.3. The van der Waals surface area contributed by atoms with E-state index in [-0.39, 0.29) is 42.4 Å². The van der Waals surface area contributed by atoms with Gasteiger partial charge in [0.05, 0.1) is 123 Å². The topological polar surface area (TPSA) is 328 Å². The molecule has 2 aliphatic carbocycles. The van der Waals surface area contributed by atoms with E-state index in [0.717, 1.165) is 199 Å². The summed E-state index contributed by atoms with van der Waals surface area (Å²) in [7, 11) is 1.69. The molecule has 7 aliphatic heterocycles. The predicted octanol–water partition coefficient (Wildman–Crippen LogP) is 11.8. The number of nitrogens with zero attached hydrogens (tertiary/aromatic N) is 16. The predicted molar refractivity (Wildman–Crippen MR) is 476 cm³/mol. The number of aliphatic hydroxyl groups excluding tert-OH is 2. The molecule has 30 heteroatoms. The van der Waals surface area contributed by atoms with Crippen molar-refractivity contribution in [1.29, 1.82) is 15.8 Å². The average molecular weight is 1730 g/mol. The Kier molecular flexibility index (Phi) is 25.7. The fraction of sp³-hybridized carbons (Fsp3) is 0.357. The Morgan fingerprint density at radius 1 is 0.531 bits per heavy atom. The smallest absolute Gasteiger partial charge is 0.301 e. The number of H-pyrrole nitrogens is 1. The second-order valence-corrected chi connectivity index (χ2v) is 33.3. The number of carbonyl (C=O) groups is 2. The maximum atomic E-state index is 14.9. The number of methoxy groups -OCH3 is 1. The van der Waals surface area contributed by atoms with Crippen molar-refractivity contribution in [1.82, 2.24) is 59.1 Å². The molecule has 128 heavy (non-hydrogen) atoms. The van der Waals surface area contributed by atoms with Crippen LogP contribution < -0.4 is 28.7 Å². The van der Waals surface area contributed by atoms with Crippen molar-refractivity contribution in [2.45, 2.75) is 87.8 Å². The van der Waals surface area contributed by atoms with Crippen molar-refractivity contribution in [2.75, 3.05) is 148 Å². The Balaban J connectivity index is 0.000000131. The zero-order valence-corrected chi connectivity index (χ0v) is 71.0. The molecule has 5 aromatic heterocycles. The lowest BCUT2D eigenvalue weighted by atomic mass is 10.0. The summed E-state index contributed by atoms with van der Waals surface area (Å²) < 4.78 is 71.9. The third-order valence-electron chi connectivity index (χ3n) is 25.5. The van der Waals surface area contributed by atoms with Gasteiger partial charge in [-0.05, 0) is 143 Å². The van der Waals surface area contributed by atoms with E-state index in [2.05, 4.69) is 157 Å². The van der Waals surface area contributed by atoms with Gasteiger partial charge in [0.2, 0.25) is 11.8 Å². The summed E-state index contributed by atoms with van der Waals surface area (Å²) in [4.78, 5) is 66.6. The number of aliphatic hydroxyl groups is 2. The number of rotatable bonds is 21.